The fourth-order valence-electron chi connectivity index (χ4n) is 3.02. The lowest BCUT2D eigenvalue weighted by molar-refractivity contribution is 0.183. The lowest BCUT2D eigenvalue weighted by atomic mass is 9.93. The second-order valence-electron chi connectivity index (χ2n) is 5.61. The molecule has 0 radical (unpaired) electrons. The number of halogens is 1. The maximum absolute atomic E-state index is 13.1. The molecule has 0 saturated carbocycles. The second-order valence-corrected chi connectivity index (χ2v) is 7.89. The molecule has 0 aliphatic carbocycles. The molecule has 1 N–H and O–H groups in total. The Kier molecular flexibility index (Phi) is 5.66. The van der Waals surface area contributed by atoms with Crippen LogP contribution in [-0.2, 0) is 10.0 Å². The van der Waals surface area contributed by atoms with E-state index in [0.29, 0.717) is 17.0 Å². The first-order chi connectivity index (χ1) is 10.4. The van der Waals surface area contributed by atoms with Crippen molar-refractivity contribution in [2.75, 3.05) is 6.61 Å². The van der Waals surface area contributed by atoms with E-state index in [2.05, 4.69) is 6.58 Å². The van der Waals surface area contributed by atoms with Crippen LogP contribution in [0.15, 0.2) is 41.3 Å². The molecule has 0 aromatic heterocycles. The van der Waals surface area contributed by atoms with Gasteiger partial charge in [0, 0.05) is 17.1 Å². The Morgan fingerprint density at radius 3 is 2.55 bits per heavy atom. The molecule has 1 fully saturated rings. The number of aliphatic hydroxyl groups is 1. The van der Waals surface area contributed by atoms with E-state index in [-0.39, 0.29) is 23.6 Å². The summed E-state index contributed by atoms with van der Waals surface area (Å²) < 4.78 is 27.7. The van der Waals surface area contributed by atoms with Crippen molar-refractivity contribution in [3.05, 3.63) is 41.4 Å². The number of benzene rings is 1. The Labute approximate surface area is 137 Å². The summed E-state index contributed by atoms with van der Waals surface area (Å²) in [4.78, 5) is 0.230. The molecular formula is C16H22ClNO3S. The van der Waals surface area contributed by atoms with Crippen LogP contribution in [0.4, 0.5) is 0 Å². The molecule has 22 heavy (non-hydrogen) atoms. The van der Waals surface area contributed by atoms with Gasteiger partial charge in [0.1, 0.15) is 0 Å². The van der Waals surface area contributed by atoms with E-state index in [1.807, 2.05) is 6.92 Å². The highest BCUT2D eigenvalue weighted by atomic mass is 35.5. The van der Waals surface area contributed by atoms with Gasteiger partial charge < -0.3 is 5.11 Å². The minimum atomic E-state index is -3.64. The molecule has 122 valence electrons. The number of rotatable bonds is 5. The van der Waals surface area contributed by atoms with Crippen LogP contribution in [0.1, 0.15) is 32.6 Å². The zero-order valence-corrected chi connectivity index (χ0v) is 14.3. The van der Waals surface area contributed by atoms with E-state index in [9.17, 15) is 13.5 Å². The van der Waals surface area contributed by atoms with Crippen molar-refractivity contribution in [1.29, 1.82) is 0 Å². The molecule has 1 aromatic rings. The standard InChI is InChI=1S/C16H22ClNO3S/c1-3-14-5-4-6-16(12(2)11-19)18(14)22(20,21)15-9-7-13(17)8-10-15/h7-10,14,16,19H,2-6,11H2,1H3/t14-,16-/m0/s1. The molecule has 2 rings (SSSR count). The molecule has 1 aromatic carbocycles. The van der Waals surface area contributed by atoms with Gasteiger partial charge in [-0.1, -0.05) is 25.1 Å². The van der Waals surface area contributed by atoms with Gasteiger partial charge in [0.05, 0.1) is 11.5 Å². The average Bonchev–Trinajstić information content (AvgIpc) is 2.53. The highest BCUT2D eigenvalue weighted by Gasteiger charge is 2.39. The zero-order chi connectivity index (χ0) is 16.3. The number of hydrogen-bond donors (Lipinski definition) is 1. The van der Waals surface area contributed by atoms with Crippen LogP contribution in [0.3, 0.4) is 0 Å². The summed E-state index contributed by atoms with van der Waals surface area (Å²) in [7, 11) is -3.64. The van der Waals surface area contributed by atoms with Gasteiger partial charge in [-0.25, -0.2) is 8.42 Å². The predicted molar refractivity (Wildman–Crippen MR) is 88.4 cm³/mol. The summed E-state index contributed by atoms with van der Waals surface area (Å²) in [5.74, 6) is 0. The third-order valence-corrected chi connectivity index (χ3v) is 6.44. The van der Waals surface area contributed by atoms with Gasteiger partial charge in [-0.05, 0) is 55.5 Å². The maximum Gasteiger partial charge on any atom is 0.243 e. The summed E-state index contributed by atoms with van der Waals surface area (Å²) in [6.07, 6.45) is 3.21. The first kappa shape index (κ1) is 17.5. The lowest BCUT2D eigenvalue weighted by Gasteiger charge is -2.41. The molecule has 0 unspecified atom stereocenters. The number of aliphatic hydroxyl groups excluding tert-OH is 1. The molecule has 0 amide bonds. The Morgan fingerprint density at radius 1 is 1.36 bits per heavy atom. The zero-order valence-electron chi connectivity index (χ0n) is 12.7. The topological polar surface area (TPSA) is 57.6 Å². The molecular weight excluding hydrogens is 322 g/mol. The minimum absolute atomic E-state index is 0.0669. The number of nitrogens with zero attached hydrogens (tertiary/aromatic N) is 1. The van der Waals surface area contributed by atoms with Crippen LogP contribution in [0.2, 0.25) is 5.02 Å². The van der Waals surface area contributed by atoms with Crippen LogP contribution >= 0.6 is 11.6 Å². The highest BCUT2D eigenvalue weighted by molar-refractivity contribution is 7.89. The number of hydrogen-bond acceptors (Lipinski definition) is 3. The highest BCUT2D eigenvalue weighted by Crippen LogP contribution is 2.34. The lowest BCUT2D eigenvalue weighted by Crippen LogP contribution is -2.50. The summed E-state index contributed by atoms with van der Waals surface area (Å²) in [6, 6.07) is 5.80. The van der Waals surface area contributed by atoms with Gasteiger partial charge in [-0.3, -0.25) is 0 Å². The van der Waals surface area contributed by atoms with Gasteiger partial charge in [0.15, 0.2) is 0 Å². The van der Waals surface area contributed by atoms with Crippen molar-refractivity contribution < 1.29 is 13.5 Å². The molecule has 6 heteroatoms. The van der Waals surface area contributed by atoms with Crippen molar-refractivity contribution >= 4 is 21.6 Å². The molecule has 1 heterocycles. The smallest absolute Gasteiger partial charge is 0.243 e. The third kappa shape index (κ3) is 3.38. The minimum Gasteiger partial charge on any atom is -0.392 e. The van der Waals surface area contributed by atoms with Gasteiger partial charge >= 0.3 is 0 Å². The van der Waals surface area contributed by atoms with Crippen molar-refractivity contribution in [3.8, 4) is 0 Å². The molecule has 1 saturated heterocycles. The van der Waals surface area contributed by atoms with E-state index < -0.39 is 10.0 Å². The van der Waals surface area contributed by atoms with Crippen molar-refractivity contribution in [1.82, 2.24) is 4.31 Å². The summed E-state index contributed by atoms with van der Waals surface area (Å²) in [5, 5.41) is 9.90. The molecule has 1 aliphatic rings. The van der Waals surface area contributed by atoms with Crippen molar-refractivity contribution in [2.45, 2.75) is 49.6 Å². The van der Waals surface area contributed by atoms with Crippen molar-refractivity contribution in [3.63, 3.8) is 0 Å². The molecule has 1 aliphatic heterocycles. The molecule has 0 spiro atoms. The largest absolute Gasteiger partial charge is 0.392 e. The Morgan fingerprint density at radius 2 is 2.00 bits per heavy atom. The van der Waals surface area contributed by atoms with Crippen LogP contribution in [0.25, 0.3) is 0 Å². The van der Waals surface area contributed by atoms with E-state index in [1.165, 1.54) is 16.4 Å². The number of sulfonamides is 1. The van der Waals surface area contributed by atoms with Gasteiger partial charge in [0.2, 0.25) is 10.0 Å². The first-order valence-electron chi connectivity index (χ1n) is 7.49. The van der Waals surface area contributed by atoms with Crippen LogP contribution in [0, 0.1) is 0 Å². The second kappa shape index (κ2) is 7.13. The monoisotopic (exact) mass is 343 g/mol. The van der Waals surface area contributed by atoms with E-state index in [4.69, 9.17) is 11.6 Å². The Balaban J connectivity index is 2.46. The van der Waals surface area contributed by atoms with Crippen LogP contribution in [-0.4, -0.2) is 36.5 Å². The normalized spacial score (nSPS) is 23.4. The third-order valence-electron chi connectivity index (χ3n) is 4.22. The fraction of sp³-hybridized carbons (Fsp3) is 0.500. The van der Waals surface area contributed by atoms with E-state index >= 15 is 0 Å². The summed E-state index contributed by atoms with van der Waals surface area (Å²) >= 11 is 5.85. The fourth-order valence-corrected chi connectivity index (χ4v) is 5.11. The SMILES string of the molecule is C=C(CO)[C@@H]1CCC[C@H](CC)N1S(=O)(=O)c1ccc(Cl)cc1. The summed E-state index contributed by atoms with van der Waals surface area (Å²) in [5.41, 5.74) is 0.552. The van der Waals surface area contributed by atoms with Gasteiger partial charge in [-0.15, -0.1) is 0 Å². The number of piperidine rings is 1. The van der Waals surface area contributed by atoms with Gasteiger partial charge in [-0.2, -0.15) is 4.31 Å². The van der Waals surface area contributed by atoms with Crippen LogP contribution < -0.4 is 0 Å². The summed E-state index contributed by atoms with van der Waals surface area (Å²) in [6.45, 7) is 5.64. The maximum atomic E-state index is 13.1. The van der Waals surface area contributed by atoms with Gasteiger partial charge in [0.25, 0.3) is 0 Å². The quantitative estimate of drug-likeness (QED) is 0.835. The Hall–Kier alpha value is -0.880. The average molecular weight is 344 g/mol. The van der Waals surface area contributed by atoms with Crippen LogP contribution in [0.5, 0.6) is 0 Å². The first-order valence-corrected chi connectivity index (χ1v) is 9.31. The predicted octanol–water partition coefficient (Wildman–Crippen LogP) is 3.21. The Bertz CT molecular complexity index is 627. The van der Waals surface area contributed by atoms with E-state index in [0.717, 1.165) is 19.3 Å². The van der Waals surface area contributed by atoms with E-state index in [1.54, 1.807) is 12.1 Å². The molecule has 0 bridgehead atoms. The molecule has 2 atom stereocenters. The molecule has 4 nitrogen and oxygen atoms in total. The van der Waals surface area contributed by atoms with Crippen molar-refractivity contribution in [2.24, 2.45) is 0 Å².